The molecule has 2 saturated heterocycles. The Balaban J connectivity index is 0.00000300. The lowest BCUT2D eigenvalue weighted by Gasteiger charge is -2.27. The normalized spacial score (nSPS) is 20.3. The molecule has 0 spiro atoms. The number of aliphatic imine (C=N–C) groups is 1. The first-order chi connectivity index (χ1) is 13.6. The van der Waals surface area contributed by atoms with Crippen LogP contribution in [-0.4, -0.2) is 56.0 Å². The van der Waals surface area contributed by atoms with Crippen molar-refractivity contribution in [2.24, 2.45) is 10.9 Å². The number of benzene rings is 1. The van der Waals surface area contributed by atoms with Gasteiger partial charge in [0.05, 0.1) is 0 Å². The van der Waals surface area contributed by atoms with Crippen LogP contribution >= 0.6 is 24.0 Å². The van der Waals surface area contributed by atoms with Gasteiger partial charge in [0.1, 0.15) is 0 Å². The number of halogens is 1. The molecule has 1 aromatic rings. The number of hydrogen-bond donors (Lipinski definition) is 2. The van der Waals surface area contributed by atoms with Crippen molar-refractivity contribution in [3.63, 3.8) is 0 Å². The number of likely N-dealkylation sites (tertiary alicyclic amines) is 1. The van der Waals surface area contributed by atoms with Gasteiger partial charge >= 0.3 is 0 Å². The highest BCUT2D eigenvalue weighted by molar-refractivity contribution is 14.0. The lowest BCUT2D eigenvalue weighted by atomic mass is 10.1. The van der Waals surface area contributed by atoms with Gasteiger partial charge in [-0.15, -0.1) is 24.0 Å². The fraction of sp³-hybridized carbons (Fsp3) is 0.636. The Kier molecular flexibility index (Phi) is 9.68. The largest absolute Gasteiger partial charge is 0.355 e. The maximum absolute atomic E-state index is 11.9. The molecular weight excluding hydrogens is 477 g/mol. The Bertz CT molecular complexity index is 676. The Morgan fingerprint density at radius 3 is 2.55 bits per heavy atom. The Labute approximate surface area is 192 Å². The molecule has 162 valence electrons. The Hall–Kier alpha value is -1.35. The maximum atomic E-state index is 11.9. The summed E-state index contributed by atoms with van der Waals surface area (Å²) < 4.78 is 0. The molecule has 0 aliphatic carbocycles. The molecule has 2 heterocycles. The minimum atomic E-state index is 0. The minimum absolute atomic E-state index is 0. The van der Waals surface area contributed by atoms with Gasteiger partial charge in [0.15, 0.2) is 5.96 Å². The van der Waals surface area contributed by atoms with Crippen molar-refractivity contribution in [3.8, 4) is 0 Å². The average molecular weight is 513 g/mol. The molecule has 0 saturated carbocycles. The van der Waals surface area contributed by atoms with Crippen LogP contribution in [0.15, 0.2) is 29.3 Å². The molecule has 1 atom stereocenters. The van der Waals surface area contributed by atoms with Crippen LogP contribution in [0.5, 0.6) is 0 Å². The van der Waals surface area contributed by atoms with E-state index in [-0.39, 0.29) is 29.9 Å². The quantitative estimate of drug-likeness (QED) is 0.334. The first-order valence-electron chi connectivity index (χ1n) is 10.6. The summed E-state index contributed by atoms with van der Waals surface area (Å²) >= 11 is 0. The second-order valence-corrected chi connectivity index (χ2v) is 8.31. The molecule has 2 fully saturated rings. The van der Waals surface area contributed by atoms with Gasteiger partial charge in [-0.05, 0) is 49.4 Å². The van der Waals surface area contributed by atoms with Gasteiger partial charge in [-0.3, -0.25) is 14.7 Å². The van der Waals surface area contributed by atoms with Crippen LogP contribution in [0.4, 0.5) is 5.69 Å². The monoisotopic (exact) mass is 513 g/mol. The van der Waals surface area contributed by atoms with Gasteiger partial charge in [-0.1, -0.05) is 26.0 Å². The van der Waals surface area contributed by atoms with E-state index in [1.807, 2.05) is 24.1 Å². The second kappa shape index (κ2) is 11.7. The lowest BCUT2D eigenvalue weighted by molar-refractivity contribution is -0.117. The van der Waals surface area contributed by atoms with E-state index >= 15 is 0 Å². The second-order valence-electron chi connectivity index (χ2n) is 8.31. The van der Waals surface area contributed by atoms with Crippen molar-refractivity contribution in [1.82, 2.24) is 15.5 Å². The number of guanidine groups is 1. The molecular formula is C22H36IN5O. The summed E-state index contributed by atoms with van der Waals surface area (Å²) in [5, 5.41) is 6.89. The fourth-order valence-corrected chi connectivity index (χ4v) is 4.17. The maximum Gasteiger partial charge on any atom is 0.227 e. The molecule has 29 heavy (non-hydrogen) atoms. The van der Waals surface area contributed by atoms with Crippen LogP contribution in [0.25, 0.3) is 0 Å². The molecule has 7 heteroatoms. The van der Waals surface area contributed by atoms with E-state index in [4.69, 9.17) is 0 Å². The zero-order chi connectivity index (χ0) is 19.9. The van der Waals surface area contributed by atoms with Crippen molar-refractivity contribution < 1.29 is 4.79 Å². The van der Waals surface area contributed by atoms with E-state index < -0.39 is 0 Å². The molecule has 3 rings (SSSR count). The highest BCUT2D eigenvalue weighted by Gasteiger charge is 2.25. The summed E-state index contributed by atoms with van der Waals surface area (Å²) in [6, 6.07) is 8.85. The summed E-state index contributed by atoms with van der Waals surface area (Å²) in [5.41, 5.74) is 2.18. The molecule has 1 amide bonds. The topological polar surface area (TPSA) is 60.0 Å². The molecule has 1 aromatic carbocycles. The summed E-state index contributed by atoms with van der Waals surface area (Å²) in [6.45, 7) is 9.44. The number of anilines is 1. The zero-order valence-electron chi connectivity index (χ0n) is 18.0. The van der Waals surface area contributed by atoms with E-state index in [1.54, 1.807) is 0 Å². The average Bonchev–Trinajstić information content (AvgIpc) is 3.31. The van der Waals surface area contributed by atoms with Crippen molar-refractivity contribution in [3.05, 3.63) is 29.8 Å². The number of rotatable bonds is 7. The molecule has 0 bridgehead atoms. The SMILES string of the molecule is CN=C(NCc1ccc(N2CCCC2=O)cc1)NC[C@H]1CCCN1CC(C)C.I. The highest BCUT2D eigenvalue weighted by atomic mass is 127. The Morgan fingerprint density at radius 2 is 1.93 bits per heavy atom. The van der Waals surface area contributed by atoms with Crippen molar-refractivity contribution in [2.45, 2.75) is 52.1 Å². The van der Waals surface area contributed by atoms with Crippen molar-refractivity contribution >= 4 is 41.5 Å². The van der Waals surface area contributed by atoms with Crippen molar-refractivity contribution in [2.75, 3.05) is 38.1 Å². The van der Waals surface area contributed by atoms with E-state index in [0.29, 0.717) is 24.9 Å². The third-order valence-corrected chi connectivity index (χ3v) is 5.61. The van der Waals surface area contributed by atoms with Crippen LogP contribution in [0, 0.1) is 5.92 Å². The van der Waals surface area contributed by atoms with Gasteiger partial charge < -0.3 is 15.5 Å². The fourth-order valence-electron chi connectivity index (χ4n) is 4.17. The number of hydrogen-bond acceptors (Lipinski definition) is 3. The molecule has 0 unspecified atom stereocenters. The van der Waals surface area contributed by atoms with Crippen LogP contribution in [-0.2, 0) is 11.3 Å². The minimum Gasteiger partial charge on any atom is -0.355 e. The summed E-state index contributed by atoms with van der Waals surface area (Å²) in [7, 11) is 1.82. The number of nitrogens with one attached hydrogen (secondary N) is 2. The third kappa shape index (κ3) is 6.84. The van der Waals surface area contributed by atoms with E-state index in [9.17, 15) is 4.79 Å². The number of amides is 1. The predicted octanol–water partition coefficient (Wildman–Crippen LogP) is 3.22. The van der Waals surface area contributed by atoms with E-state index in [1.165, 1.54) is 31.5 Å². The van der Waals surface area contributed by atoms with E-state index in [2.05, 4.69) is 46.5 Å². The first kappa shape index (κ1) is 23.9. The molecule has 2 aliphatic heterocycles. The van der Waals surface area contributed by atoms with Gasteiger partial charge in [0, 0.05) is 51.4 Å². The van der Waals surface area contributed by atoms with Crippen LogP contribution < -0.4 is 15.5 Å². The highest BCUT2D eigenvalue weighted by Crippen LogP contribution is 2.21. The molecule has 0 radical (unpaired) electrons. The van der Waals surface area contributed by atoms with Gasteiger partial charge in [0.25, 0.3) is 0 Å². The molecule has 2 aliphatic rings. The Morgan fingerprint density at radius 1 is 1.17 bits per heavy atom. The van der Waals surface area contributed by atoms with Crippen LogP contribution in [0.3, 0.4) is 0 Å². The van der Waals surface area contributed by atoms with Crippen molar-refractivity contribution in [1.29, 1.82) is 0 Å². The third-order valence-electron chi connectivity index (χ3n) is 5.61. The number of nitrogens with zero attached hydrogens (tertiary/aromatic N) is 3. The summed E-state index contributed by atoms with van der Waals surface area (Å²) in [5.74, 6) is 1.78. The van der Waals surface area contributed by atoms with Gasteiger partial charge in [-0.2, -0.15) is 0 Å². The molecule has 2 N–H and O–H groups in total. The van der Waals surface area contributed by atoms with Gasteiger partial charge in [-0.25, -0.2) is 0 Å². The van der Waals surface area contributed by atoms with Gasteiger partial charge in [0.2, 0.25) is 5.91 Å². The zero-order valence-corrected chi connectivity index (χ0v) is 20.3. The first-order valence-corrected chi connectivity index (χ1v) is 10.6. The predicted molar refractivity (Wildman–Crippen MR) is 131 cm³/mol. The summed E-state index contributed by atoms with van der Waals surface area (Å²) in [4.78, 5) is 20.7. The summed E-state index contributed by atoms with van der Waals surface area (Å²) in [6.07, 6.45) is 4.17. The molecule has 6 nitrogen and oxygen atoms in total. The standard InChI is InChI=1S/C22H35N5O.HI/c1-17(2)16-26-12-4-6-20(26)15-25-22(23-3)24-14-18-8-10-19(11-9-18)27-13-5-7-21(27)28;/h8-11,17,20H,4-7,12-16H2,1-3H3,(H2,23,24,25);1H/t20-;/m1./s1. The van der Waals surface area contributed by atoms with Crippen LogP contribution in [0.1, 0.15) is 45.1 Å². The van der Waals surface area contributed by atoms with E-state index in [0.717, 1.165) is 31.2 Å². The smallest absolute Gasteiger partial charge is 0.227 e. The lowest BCUT2D eigenvalue weighted by Crippen LogP contribution is -2.45. The molecule has 0 aromatic heterocycles. The van der Waals surface area contributed by atoms with Crippen LogP contribution in [0.2, 0.25) is 0 Å². The number of carbonyl (C=O) groups excluding carboxylic acids is 1. The number of carbonyl (C=O) groups is 1.